The van der Waals surface area contributed by atoms with Crippen LogP contribution in [-0.2, 0) is 16.4 Å². The third-order valence-corrected chi connectivity index (χ3v) is 6.00. The summed E-state index contributed by atoms with van der Waals surface area (Å²) in [5.41, 5.74) is 6.58. The molecule has 20 heavy (non-hydrogen) atoms. The molecule has 0 aliphatic carbocycles. The van der Waals surface area contributed by atoms with Gasteiger partial charge in [-0.2, -0.15) is 4.31 Å². The molecule has 0 radical (unpaired) electrons. The molecule has 0 amide bonds. The maximum atomic E-state index is 12.6. The van der Waals surface area contributed by atoms with Gasteiger partial charge in [0.15, 0.2) is 0 Å². The van der Waals surface area contributed by atoms with E-state index in [1.165, 1.54) is 0 Å². The Morgan fingerprint density at radius 2 is 1.95 bits per heavy atom. The maximum absolute atomic E-state index is 12.6. The Bertz CT molecular complexity index is 537. The summed E-state index contributed by atoms with van der Waals surface area (Å²) in [5, 5.41) is 0. The molecule has 2 rings (SSSR count). The topological polar surface area (TPSA) is 63.4 Å². The predicted octanol–water partition coefficient (Wildman–Crippen LogP) is 1.85. The van der Waals surface area contributed by atoms with Crippen molar-refractivity contribution in [3.05, 3.63) is 29.8 Å². The van der Waals surface area contributed by atoms with Gasteiger partial charge in [0, 0.05) is 13.1 Å². The molecule has 1 atom stereocenters. The van der Waals surface area contributed by atoms with Crippen LogP contribution in [0.15, 0.2) is 29.2 Å². The van der Waals surface area contributed by atoms with Crippen LogP contribution in [0.3, 0.4) is 0 Å². The number of rotatable bonds is 5. The average Bonchev–Trinajstić information content (AvgIpc) is 2.90. The molecule has 1 saturated heterocycles. The predicted molar refractivity (Wildman–Crippen MR) is 80.9 cm³/mol. The van der Waals surface area contributed by atoms with Crippen LogP contribution in [0.5, 0.6) is 0 Å². The summed E-state index contributed by atoms with van der Waals surface area (Å²) in [6.45, 7) is 6.17. The van der Waals surface area contributed by atoms with Crippen LogP contribution in [0.2, 0.25) is 0 Å². The van der Waals surface area contributed by atoms with E-state index in [4.69, 9.17) is 5.73 Å². The lowest BCUT2D eigenvalue weighted by molar-refractivity contribution is 0.388. The summed E-state index contributed by atoms with van der Waals surface area (Å²) in [5.74, 6) is 1.00. The van der Waals surface area contributed by atoms with Crippen molar-refractivity contribution < 1.29 is 8.42 Å². The molecule has 1 aliphatic heterocycles. The van der Waals surface area contributed by atoms with E-state index in [9.17, 15) is 8.42 Å². The highest BCUT2D eigenvalue weighted by atomic mass is 32.2. The molecule has 0 spiro atoms. The van der Waals surface area contributed by atoms with Crippen LogP contribution in [0.25, 0.3) is 0 Å². The molecule has 1 aromatic carbocycles. The van der Waals surface area contributed by atoms with Crippen LogP contribution in [0, 0.1) is 11.8 Å². The summed E-state index contributed by atoms with van der Waals surface area (Å²) < 4.78 is 26.8. The molecule has 0 bridgehead atoms. The zero-order chi connectivity index (χ0) is 14.8. The van der Waals surface area contributed by atoms with Gasteiger partial charge >= 0.3 is 0 Å². The van der Waals surface area contributed by atoms with E-state index in [1.807, 2.05) is 12.1 Å². The van der Waals surface area contributed by atoms with Crippen molar-refractivity contribution in [1.29, 1.82) is 0 Å². The highest BCUT2D eigenvalue weighted by Gasteiger charge is 2.33. The van der Waals surface area contributed by atoms with Crippen molar-refractivity contribution in [3.8, 4) is 0 Å². The fourth-order valence-corrected chi connectivity index (χ4v) is 4.17. The molecule has 112 valence electrons. The standard InChI is InChI=1S/C15H24N2O2S/c1-12(2)14-8-10-17(11-14)20(18,19)15-5-3-13(4-6-15)7-9-16/h3-6,12,14H,7-11,16H2,1-2H3. The van der Waals surface area contributed by atoms with E-state index in [0.29, 0.717) is 36.4 Å². The van der Waals surface area contributed by atoms with E-state index >= 15 is 0 Å². The fourth-order valence-electron chi connectivity index (χ4n) is 2.66. The van der Waals surface area contributed by atoms with Crippen molar-refractivity contribution >= 4 is 10.0 Å². The zero-order valence-electron chi connectivity index (χ0n) is 12.2. The molecular formula is C15H24N2O2S. The second kappa shape index (κ2) is 6.24. The van der Waals surface area contributed by atoms with Gasteiger partial charge in [0.2, 0.25) is 10.0 Å². The Kier molecular flexibility index (Phi) is 4.83. The first-order chi connectivity index (χ1) is 9.45. The van der Waals surface area contributed by atoms with E-state index in [1.54, 1.807) is 16.4 Å². The Balaban J connectivity index is 2.14. The van der Waals surface area contributed by atoms with Gasteiger partial charge in [-0.25, -0.2) is 8.42 Å². The number of hydrogen-bond donors (Lipinski definition) is 1. The molecule has 1 fully saturated rings. The number of nitrogens with two attached hydrogens (primary N) is 1. The van der Waals surface area contributed by atoms with Crippen LogP contribution in [0.1, 0.15) is 25.8 Å². The molecule has 0 aromatic heterocycles. The van der Waals surface area contributed by atoms with Gasteiger partial charge in [0.1, 0.15) is 0 Å². The summed E-state index contributed by atoms with van der Waals surface area (Å²) in [6, 6.07) is 7.11. The molecule has 0 saturated carbocycles. The van der Waals surface area contributed by atoms with Gasteiger partial charge in [-0.1, -0.05) is 26.0 Å². The average molecular weight is 296 g/mol. The maximum Gasteiger partial charge on any atom is 0.243 e. The SMILES string of the molecule is CC(C)C1CCN(S(=O)(=O)c2ccc(CCN)cc2)C1. The lowest BCUT2D eigenvalue weighted by Gasteiger charge is -2.18. The first-order valence-electron chi connectivity index (χ1n) is 7.24. The van der Waals surface area contributed by atoms with E-state index in [-0.39, 0.29) is 0 Å². The highest BCUT2D eigenvalue weighted by Crippen LogP contribution is 2.28. The zero-order valence-corrected chi connectivity index (χ0v) is 13.1. The van der Waals surface area contributed by atoms with Gasteiger partial charge in [-0.05, 0) is 48.9 Å². The number of sulfonamides is 1. The van der Waals surface area contributed by atoms with Gasteiger partial charge in [-0.3, -0.25) is 0 Å². The Labute approximate surface area is 122 Å². The lowest BCUT2D eigenvalue weighted by Crippen LogP contribution is -2.29. The quantitative estimate of drug-likeness (QED) is 0.902. The van der Waals surface area contributed by atoms with E-state index in [2.05, 4.69) is 13.8 Å². The number of nitrogens with zero attached hydrogens (tertiary/aromatic N) is 1. The highest BCUT2D eigenvalue weighted by molar-refractivity contribution is 7.89. The molecule has 5 heteroatoms. The first kappa shape index (κ1) is 15.5. The second-order valence-electron chi connectivity index (χ2n) is 5.84. The summed E-state index contributed by atoms with van der Waals surface area (Å²) in [7, 11) is -3.33. The summed E-state index contributed by atoms with van der Waals surface area (Å²) in [4.78, 5) is 0.391. The molecule has 4 nitrogen and oxygen atoms in total. The molecule has 1 aromatic rings. The van der Waals surface area contributed by atoms with Crippen LogP contribution < -0.4 is 5.73 Å². The smallest absolute Gasteiger partial charge is 0.243 e. The normalized spacial score (nSPS) is 20.7. The number of hydrogen-bond acceptors (Lipinski definition) is 3. The largest absolute Gasteiger partial charge is 0.330 e. The molecule has 1 heterocycles. The third kappa shape index (κ3) is 3.22. The second-order valence-corrected chi connectivity index (χ2v) is 7.78. The molecular weight excluding hydrogens is 272 g/mol. The van der Waals surface area contributed by atoms with E-state index < -0.39 is 10.0 Å². The monoisotopic (exact) mass is 296 g/mol. The van der Waals surface area contributed by atoms with Crippen molar-refractivity contribution in [1.82, 2.24) is 4.31 Å². The van der Waals surface area contributed by atoms with Crippen LogP contribution in [0.4, 0.5) is 0 Å². The molecule has 1 unspecified atom stereocenters. The van der Waals surface area contributed by atoms with Crippen molar-refractivity contribution in [2.24, 2.45) is 17.6 Å². The van der Waals surface area contributed by atoms with Gasteiger partial charge < -0.3 is 5.73 Å². The van der Waals surface area contributed by atoms with Gasteiger partial charge in [0.05, 0.1) is 4.90 Å². The number of benzene rings is 1. The summed E-state index contributed by atoms with van der Waals surface area (Å²) >= 11 is 0. The van der Waals surface area contributed by atoms with Gasteiger partial charge in [0.25, 0.3) is 0 Å². The van der Waals surface area contributed by atoms with Crippen molar-refractivity contribution in [3.63, 3.8) is 0 Å². The van der Waals surface area contributed by atoms with Crippen LogP contribution >= 0.6 is 0 Å². The fraction of sp³-hybridized carbons (Fsp3) is 0.600. The Morgan fingerprint density at radius 3 is 2.45 bits per heavy atom. The molecule has 1 aliphatic rings. The van der Waals surface area contributed by atoms with Crippen LogP contribution in [-0.4, -0.2) is 32.4 Å². The minimum absolute atomic E-state index is 0.391. The van der Waals surface area contributed by atoms with Crippen molar-refractivity contribution in [2.45, 2.75) is 31.6 Å². The Hall–Kier alpha value is -0.910. The minimum Gasteiger partial charge on any atom is -0.330 e. The lowest BCUT2D eigenvalue weighted by atomic mass is 9.96. The minimum atomic E-state index is -3.33. The third-order valence-electron chi connectivity index (χ3n) is 4.12. The Morgan fingerprint density at radius 1 is 1.30 bits per heavy atom. The van der Waals surface area contributed by atoms with E-state index in [0.717, 1.165) is 18.4 Å². The summed E-state index contributed by atoms with van der Waals surface area (Å²) in [6.07, 6.45) is 1.74. The van der Waals surface area contributed by atoms with Gasteiger partial charge in [-0.15, -0.1) is 0 Å². The van der Waals surface area contributed by atoms with Crippen molar-refractivity contribution in [2.75, 3.05) is 19.6 Å². The molecule has 2 N–H and O–H groups in total. The first-order valence-corrected chi connectivity index (χ1v) is 8.68.